The molecule has 7 nitrogen and oxygen atoms in total. The molecule has 2 aromatic carbocycles. The van der Waals surface area contributed by atoms with Crippen LogP contribution in [0.15, 0.2) is 54.6 Å². The summed E-state index contributed by atoms with van der Waals surface area (Å²) < 4.78 is 0. The molecule has 2 aromatic rings. The Morgan fingerprint density at radius 2 is 1.73 bits per heavy atom. The number of rotatable bonds is 9. The summed E-state index contributed by atoms with van der Waals surface area (Å²) in [4.78, 5) is 43.6. The van der Waals surface area contributed by atoms with Gasteiger partial charge in [0, 0.05) is 37.4 Å². The van der Waals surface area contributed by atoms with E-state index in [0.29, 0.717) is 37.3 Å². The Bertz CT molecular complexity index is 1080. The van der Waals surface area contributed by atoms with Gasteiger partial charge in [0.2, 0.25) is 11.8 Å². The van der Waals surface area contributed by atoms with Gasteiger partial charge in [0.25, 0.3) is 5.91 Å². The SMILES string of the molecule is CCCCN1C(=O)C(CC(C)C)NC(=O)C12CCN(Cc1ccc(C(=O)Nc3ccccc3)cc1)CC2. The number of carbonyl (C=O) groups is 3. The topological polar surface area (TPSA) is 81.8 Å². The first-order valence-corrected chi connectivity index (χ1v) is 13.6. The number of benzene rings is 2. The molecule has 37 heavy (non-hydrogen) atoms. The second kappa shape index (κ2) is 11.9. The number of para-hydroxylation sites is 1. The third-order valence-corrected chi connectivity index (χ3v) is 7.59. The number of piperidine rings is 1. The van der Waals surface area contributed by atoms with Crippen LogP contribution in [0.3, 0.4) is 0 Å². The number of nitrogens with zero attached hydrogens (tertiary/aromatic N) is 2. The van der Waals surface area contributed by atoms with E-state index in [1.54, 1.807) is 0 Å². The maximum absolute atomic E-state index is 13.4. The lowest BCUT2D eigenvalue weighted by atomic mass is 9.80. The number of likely N-dealkylation sites (tertiary alicyclic amines) is 1. The third kappa shape index (κ3) is 6.21. The van der Waals surface area contributed by atoms with E-state index in [1.807, 2.05) is 59.5 Å². The zero-order chi connectivity index (χ0) is 26.4. The highest BCUT2D eigenvalue weighted by molar-refractivity contribution is 6.04. The van der Waals surface area contributed by atoms with Gasteiger partial charge in [-0.15, -0.1) is 0 Å². The molecular formula is C30H40N4O3. The van der Waals surface area contributed by atoms with E-state index < -0.39 is 11.6 Å². The molecule has 2 aliphatic heterocycles. The zero-order valence-corrected chi connectivity index (χ0v) is 22.3. The lowest BCUT2D eigenvalue weighted by molar-refractivity contribution is -0.161. The minimum atomic E-state index is -0.740. The fraction of sp³-hybridized carbons (Fsp3) is 0.500. The van der Waals surface area contributed by atoms with Crippen molar-refractivity contribution >= 4 is 23.4 Å². The third-order valence-electron chi connectivity index (χ3n) is 7.59. The molecule has 0 saturated carbocycles. The van der Waals surface area contributed by atoms with Gasteiger partial charge in [-0.3, -0.25) is 19.3 Å². The smallest absolute Gasteiger partial charge is 0.255 e. The van der Waals surface area contributed by atoms with Gasteiger partial charge < -0.3 is 15.5 Å². The summed E-state index contributed by atoms with van der Waals surface area (Å²) >= 11 is 0. The van der Waals surface area contributed by atoms with Crippen LogP contribution in [-0.4, -0.2) is 58.7 Å². The minimum Gasteiger partial charge on any atom is -0.342 e. The Hall–Kier alpha value is -3.19. The number of hydrogen-bond acceptors (Lipinski definition) is 4. The Balaban J connectivity index is 1.37. The van der Waals surface area contributed by atoms with E-state index >= 15 is 0 Å². The molecule has 0 radical (unpaired) electrons. The molecule has 2 fully saturated rings. The molecule has 198 valence electrons. The van der Waals surface area contributed by atoms with Gasteiger partial charge >= 0.3 is 0 Å². The summed E-state index contributed by atoms with van der Waals surface area (Å²) in [5.41, 5.74) is 1.77. The largest absolute Gasteiger partial charge is 0.342 e. The Kier molecular flexibility index (Phi) is 8.64. The number of carbonyl (C=O) groups excluding carboxylic acids is 3. The number of piperazine rings is 1. The quantitative estimate of drug-likeness (QED) is 0.529. The molecule has 1 atom stereocenters. The average Bonchev–Trinajstić information content (AvgIpc) is 2.89. The Morgan fingerprint density at radius 1 is 1.05 bits per heavy atom. The van der Waals surface area contributed by atoms with Gasteiger partial charge in [-0.25, -0.2) is 0 Å². The van der Waals surface area contributed by atoms with Crippen LogP contribution in [0.2, 0.25) is 0 Å². The van der Waals surface area contributed by atoms with Crippen molar-refractivity contribution in [3.05, 3.63) is 65.7 Å². The highest BCUT2D eigenvalue weighted by Crippen LogP contribution is 2.34. The molecule has 0 aromatic heterocycles. The van der Waals surface area contributed by atoms with Crippen LogP contribution in [-0.2, 0) is 16.1 Å². The zero-order valence-electron chi connectivity index (χ0n) is 22.3. The number of unbranched alkanes of at least 4 members (excludes halogenated alkanes) is 1. The van der Waals surface area contributed by atoms with Crippen molar-refractivity contribution in [2.45, 2.75) is 71.0 Å². The van der Waals surface area contributed by atoms with Crippen molar-refractivity contribution in [3.8, 4) is 0 Å². The van der Waals surface area contributed by atoms with E-state index in [9.17, 15) is 14.4 Å². The molecule has 4 rings (SSSR count). The van der Waals surface area contributed by atoms with E-state index in [2.05, 4.69) is 36.3 Å². The summed E-state index contributed by atoms with van der Waals surface area (Å²) in [6.45, 7) is 9.16. The summed E-state index contributed by atoms with van der Waals surface area (Å²) in [5.74, 6) is 0.310. The van der Waals surface area contributed by atoms with Crippen molar-refractivity contribution in [2.24, 2.45) is 5.92 Å². The van der Waals surface area contributed by atoms with Crippen LogP contribution in [0, 0.1) is 5.92 Å². The molecular weight excluding hydrogens is 464 g/mol. The first kappa shape index (κ1) is 26.9. The van der Waals surface area contributed by atoms with Crippen LogP contribution in [0.4, 0.5) is 5.69 Å². The molecule has 3 amide bonds. The molecule has 2 aliphatic rings. The summed E-state index contributed by atoms with van der Waals surface area (Å²) in [6.07, 6.45) is 3.85. The lowest BCUT2D eigenvalue weighted by Crippen LogP contribution is -2.73. The average molecular weight is 505 g/mol. The normalized spacial score (nSPS) is 19.8. The molecule has 2 N–H and O–H groups in total. The van der Waals surface area contributed by atoms with Crippen molar-refractivity contribution in [1.29, 1.82) is 0 Å². The van der Waals surface area contributed by atoms with Crippen molar-refractivity contribution < 1.29 is 14.4 Å². The van der Waals surface area contributed by atoms with Crippen LogP contribution < -0.4 is 10.6 Å². The van der Waals surface area contributed by atoms with Gasteiger partial charge in [0.1, 0.15) is 11.6 Å². The van der Waals surface area contributed by atoms with Crippen molar-refractivity contribution in [3.63, 3.8) is 0 Å². The first-order valence-electron chi connectivity index (χ1n) is 13.6. The highest BCUT2D eigenvalue weighted by atomic mass is 16.2. The number of hydrogen-bond donors (Lipinski definition) is 2. The van der Waals surface area contributed by atoms with Crippen LogP contribution in [0.5, 0.6) is 0 Å². The standard InChI is InChI=1S/C30H40N4O3/c1-4-5-17-34-28(36)26(20-22(2)3)32-29(37)30(34)15-18-33(19-16-30)21-23-11-13-24(14-12-23)27(35)31-25-9-7-6-8-10-25/h6-14,22,26H,4-5,15-21H2,1-3H3,(H,31,35)(H,32,37). The summed E-state index contributed by atoms with van der Waals surface area (Å²) in [7, 11) is 0. The second-order valence-corrected chi connectivity index (χ2v) is 10.8. The maximum Gasteiger partial charge on any atom is 0.255 e. The van der Waals surface area contributed by atoms with Crippen LogP contribution in [0.1, 0.15) is 68.8 Å². The molecule has 1 unspecified atom stereocenters. The van der Waals surface area contributed by atoms with Crippen molar-refractivity contribution in [2.75, 3.05) is 25.0 Å². The van der Waals surface area contributed by atoms with E-state index in [-0.39, 0.29) is 17.7 Å². The number of amides is 3. The van der Waals surface area contributed by atoms with Crippen molar-refractivity contribution in [1.82, 2.24) is 15.1 Å². The predicted molar refractivity (Wildman–Crippen MR) is 146 cm³/mol. The monoisotopic (exact) mass is 504 g/mol. The Labute approximate surface area is 220 Å². The van der Waals surface area contributed by atoms with Gasteiger partial charge in [0.05, 0.1) is 0 Å². The fourth-order valence-corrected chi connectivity index (χ4v) is 5.47. The first-order chi connectivity index (χ1) is 17.8. The van der Waals surface area contributed by atoms with Gasteiger partial charge in [-0.2, -0.15) is 0 Å². The maximum atomic E-state index is 13.4. The number of anilines is 1. The van der Waals surface area contributed by atoms with E-state index in [4.69, 9.17) is 0 Å². The van der Waals surface area contributed by atoms with Gasteiger partial charge in [-0.1, -0.05) is 57.5 Å². The summed E-state index contributed by atoms with van der Waals surface area (Å²) in [6, 6.07) is 16.7. The van der Waals surface area contributed by atoms with Gasteiger partial charge in [-0.05, 0) is 61.4 Å². The van der Waals surface area contributed by atoms with Crippen LogP contribution in [0.25, 0.3) is 0 Å². The molecule has 7 heteroatoms. The molecule has 0 aliphatic carbocycles. The van der Waals surface area contributed by atoms with E-state index in [0.717, 1.165) is 43.7 Å². The second-order valence-electron chi connectivity index (χ2n) is 10.8. The Morgan fingerprint density at radius 3 is 2.35 bits per heavy atom. The molecule has 0 bridgehead atoms. The fourth-order valence-electron chi connectivity index (χ4n) is 5.47. The number of nitrogens with one attached hydrogen (secondary N) is 2. The van der Waals surface area contributed by atoms with E-state index in [1.165, 1.54) is 0 Å². The molecule has 2 heterocycles. The molecule has 1 spiro atoms. The van der Waals surface area contributed by atoms with Gasteiger partial charge in [0.15, 0.2) is 0 Å². The predicted octanol–water partition coefficient (Wildman–Crippen LogP) is 4.45. The molecule has 2 saturated heterocycles. The highest BCUT2D eigenvalue weighted by Gasteiger charge is 2.53. The van der Waals surface area contributed by atoms with Crippen LogP contribution >= 0.6 is 0 Å². The lowest BCUT2D eigenvalue weighted by Gasteiger charge is -2.52. The summed E-state index contributed by atoms with van der Waals surface area (Å²) in [5, 5.41) is 5.99. The minimum absolute atomic E-state index is 0.0160.